The Labute approximate surface area is 217 Å². The molecule has 2 atom stereocenters. The summed E-state index contributed by atoms with van der Waals surface area (Å²) in [5.74, 6) is -0.961. The number of carbonyl (C=O) groups is 3. The smallest absolute Gasteiger partial charge is 0.407 e. The fourth-order valence-corrected chi connectivity index (χ4v) is 4.38. The van der Waals surface area contributed by atoms with Crippen molar-refractivity contribution >= 4 is 18.2 Å². The average molecular weight is 513 g/mol. The van der Waals surface area contributed by atoms with Gasteiger partial charge >= 0.3 is 18.2 Å². The number of carbonyl (C=O) groups excluding carboxylic acids is 3. The Morgan fingerprint density at radius 2 is 1.54 bits per heavy atom. The lowest BCUT2D eigenvalue weighted by molar-refractivity contribution is -0.152. The maximum Gasteiger partial charge on any atom is 0.407 e. The van der Waals surface area contributed by atoms with Crippen molar-refractivity contribution in [1.82, 2.24) is 10.6 Å². The van der Waals surface area contributed by atoms with Crippen molar-refractivity contribution in [2.45, 2.75) is 63.7 Å². The average Bonchev–Trinajstić information content (AvgIpc) is 3.18. The molecule has 2 unspecified atom stereocenters. The molecule has 2 amide bonds. The van der Waals surface area contributed by atoms with E-state index < -0.39 is 35.9 Å². The van der Waals surface area contributed by atoms with Crippen LogP contribution >= 0.6 is 0 Å². The molecule has 0 fully saturated rings. The van der Waals surface area contributed by atoms with E-state index in [2.05, 4.69) is 27.5 Å². The maximum atomic E-state index is 12.7. The van der Waals surface area contributed by atoms with Crippen molar-refractivity contribution in [3.05, 3.63) is 59.7 Å². The van der Waals surface area contributed by atoms with Crippen LogP contribution in [0.25, 0.3) is 11.1 Å². The molecule has 0 radical (unpaired) electrons. The Bertz CT molecular complexity index is 1050. The highest BCUT2D eigenvalue weighted by molar-refractivity contribution is 5.79. The van der Waals surface area contributed by atoms with Crippen molar-refractivity contribution in [2.24, 2.45) is 0 Å². The number of hydrogen-bond donors (Lipinski definition) is 3. The fraction of sp³-hybridized carbons (Fsp3) is 0.464. The molecule has 3 N–H and O–H groups in total. The molecule has 9 nitrogen and oxygen atoms in total. The first-order valence-corrected chi connectivity index (χ1v) is 12.4. The van der Waals surface area contributed by atoms with E-state index in [1.54, 1.807) is 20.8 Å². The Morgan fingerprint density at radius 3 is 2.11 bits per heavy atom. The second-order valence-corrected chi connectivity index (χ2v) is 9.97. The van der Waals surface area contributed by atoms with Crippen molar-refractivity contribution in [1.29, 1.82) is 0 Å². The molecule has 2 aromatic rings. The summed E-state index contributed by atoms with van der Waals surface area (Å²) in [6, 6.07) is 15.1. The Kier molecular flexibility index (Phi) is 9.52. The number of amides is 2. The van der Waals surface area contributed by atoms with Gasteiger partial charge in [0.05, 0.1) is 13.2 Å². The monoisotopic (exact) mass is 512 g/mol. The van der Waals surface area contributed by atoms with Crippen molar-refractivity contribution in [2.75, 3.05) is 20.3 Å². The van der Waals surface area contributed by atoms with Crippen LogP contribution in [-0.2, 0) is 19.0 Å². The molecule has 1 aliphatic rings. The third-order valence-corrected chi connectivity index (χ3v) is 6.08. The van der Waals surface area contributed by atoms with E-state index in [1.807, 2.05) is 36.4 Å². The number of benzene rings is 2. The predicted molar refractivity (Wildman–Crippen MR) is 138 cm³/mol. The first-order valence-electron chi connectivity index (χ1n) is 12.4. The molecule has 37 heavy (non-hydrogen) atoms. The highest BCUT2D eigenvalue weighted by Gasteiger charge is 2.31. The van der Waals surface area contributed by atoms with Crippen molar-refractivity contribution < 1.29 is 33.7 Å². The zero-order chi connectivity index (χ0) is 27.0. The molecule has 1 aliphatic carbocycles. The molecule has 0 spiro atoms. The summed E-state index contributed by atoms with van der Waals surface area (Å²) in [4.78, 5) is 36.4. The molecule has 3 rings (SSSR count). The molecule has 0 heterocycles. The number of unbranched alkanes of at least 4 members (excludes halogenated alkanes) is 1. The lowest BCUT2D eigenvalue weighted by Crippen LogP contribution is -2.47. The van der Waals surface area contributed by atoms with E-state index in [-0.39, 0.29) is 18.9 Å². The predicted octanol–water partition coefficient (Wildman–Crippen LogP) is 4.12. The lowest BCUT2D eigenvalue weighted by Gasteiger charge is -2.23. The summed E-state index contributed by atoms with van der Waals surface area (Å²) in [6.45, 7) is 5.79. The Balaban J connectivity index is 1.54. The van der Waals surface area contributed by atoms with Gasteiger partial charge in [0, 0.05) is 12.5 Å². The highest BCUT2D eigenvalue weighted by Crippen LogP contribution is 2.44. The van der Waals surface area contributed by atoms with Gasteiger partial charge in [-0.05, 0) is 62.3 Å². The summed E-state index contributed by atoms with van der Waals surface area (Å²) in [5.41, 5.74) is 3.81. The number of alkyl carbamates (subject to hydrolysis) is 2. The number of aliphatic hydroxyl groups excluding tert-OH is 1. The molecule has 0 saturated heterocycles. The van der Waals surface area contributed by atoms with E-state index >= 15 is 0 Å². The SMILES string of the molecule is COC(=O)C(O)C(CCCCNC(=O)OC(C)(C)C)NC(=O)OCC1c2ccccc2-c2ccccc21. The Hall–Kier alpha value is -3.59. The third-order valence-electron chi connectivity index (χ3n) is 6.08. The van der Waals surface area contributed by atoms with Crippen LogP contribution in [-0.4, -0.2) is 61.3 Å². The van der Waals surface area contributed by atoms with Gasteiger partial charge < -0.3 is 30.0 Å². The van der Waals surface area contributed by atoms with E-state index in [0.717, 1.165) is 22.3 Å². The van der Waals surface area contributed by atoms with Crippen LogP contribution in [0, 0.1) is 0 Å². The number of ether oxygens (including phenoxy) is 3. The summed E-state index contributed by atoms with van der Waals surface area (Å²) in [7, 11) is 1.17. The van der Waals surface area contributed by atoms with Crippen LogP contribution in [0.4, 0.5) is 9.59 Å². The topological polar surface area (TPSA) is 123 Å². The van der Waals surface area contributed by atoms with Crippen LogP contribution in [0.15, 0.2) is 48.5 Å². The van der Waals surface area contributed by atoms with Gasteiger partial charge in [-0.2, -0.15) is 0 Å². The minimum Gasteiger partial charge on any atom is -0.467 e. The van der Waals surface area contributed by atoms with Crippen LogP contribution < -0.4 is 10.6 Å². The molecule has 9 heteroatoms. The molecule has 0 bridgehead atoms. The molecule has 200 valence electrons. The van der Waals surface area contributed by atoms with Gasteiger partial charge in [-0.1, -0.05) is 48.5 Å². The molecule has 0 aromatic heterocycles. The molecule has 0 saturated carbocycles. The highest BCUT2D eigenvalue weighted by atomic mass is 16.6. The van der Waals surface area contributed by atoms with Gasteiger partial charge in [0.15, 0.2) is 6.10 Å². The van der Waals surface area contributed by atoms with E-state index in [9.17, 15) is 19.5 Å². The normalized spacial score (nSPS) is 14.1. The molecule has 2 aromatic carbocycles. The zero-order valence-electron chi connectivity index (χ0n) is 21.8. The van der Waals surface area contributed by atoms with Gasteiger partial charge in [-0.15, -0.1) is 0 Å². The lowest BCUT2D eigenvalue weighted by atomic mass is 9.98. The van der Waals surface area contributed by atoms with Gasteiger partial charge in [-0.3, -0.25) is 0 Å². The second kappa shape index (κ2) is 12.6. The molecular weight excluding hydrogens is 476 g/mol. The summed E-state index contributed by atoms with van der Waals surface area (Å²) in [5, 5.41) is 15.7. The van der Waals surface area contributed by atoms with Gasteiger partial charge in [0.2, 0.25) is 0 Å². The standard InChI is InChI=1S/C28H36N2O7/c1-28(2,3)37-26(33)29-16-10-9-15-23(24(31)25(32)35-4)30-27(34)36-17-22-20-13-7-5-11-18(20)19-12-6-8-14-21(19)22/h5-8,11-14,22-24,31H,9-10,15-17H2,1-4H3,(H,29,33)(H,30,34). The van der Waals surface area contributed by atoms with Crippen molar-refractivity contribution in [3.8, 4) is 11.1 Å². The zero-order valence-corrected chi connectivity index (χ0v) is 21.8. The third kappa shape index (κ3) is 7.69. The summed E-state index contributed by atoms with van der Waals surface area (Å²) >= 11 is 0. The number of rotatable bonds is 10. The van der Waals surface area contributed by atoms with Crippen LogP contribution in [0.1, 0.15) is 57.1 Å². The van der Waals surface area contributed by atoms with Crippen LogP contribution in [0.5, 0.6) is 0 Å². The number of fused-ring (bicyclic) bond motifs is 3. The van der Waals surface area contributed by atoms with Crippen LogP contribution in [0.2, 0.25) is 0 Å². The van der Waals surface area contributed by atoms with E-state index in [1.165, 1.54) is 7.11 Å². The fourth-order valence-electron chi connectivity index (χ4n) is 4.38. The number of nitrogens with one attached hydrogen (secondary N) is 2. The minimum absolute atomic E-state index is 0.110. The number of esters is 1. The molecule has 0 aliphatic heterocycles. The summed E-state index contributed by atoms with van der Waals surface area (Å²) < 4.78 is 15.4. The van der Waals surface area contributed by atoms with E-state index in [0.29, 0.717) is 19.4 Å². The minimum atomic E-state index is -1.55. The van der Waals surface area contributed by atoms with Crippen molar-refractivity contribution in [3.63, 3.8) is 0 Å². The summed E-state index contributed by atoms with van der Waals surface area (Å²) in [6.07, 6.45) is -1.47. The first-order chi connectivity index (χ1) is 17.6. The number of methoxy groups -OCH3 is 1. The largest absolute Gasteiger partial charge is 0.467 e. The quantitative estimate of drug-likeness (QED) is 0.249. The number of hydrogen-bond acceptors (Lipinski definition) is 7. The Morgan fingerprint density at radius 1 is 0.946 bits per heavy atom. The molecular formula is C28H36N2O7. The van der Waals surface area contributed by atoms with Crippen LogP contribution in [0.3, 0.4) is 0 Å². The van der Waals surface area contributed by atoms with E-state index in [4.69, 9.17) is 9.47 Å². The van der Waals surface area contributed by atoms with Gasteiger partial charge in [-0.25, -0.2) is 14.4 Å². The number of aliphatic hydroxyl groups is 1. The maximum absolute atomic E-state index is 12.7. The first kappa shape index (κ1) is 28.0. The second-order valence-electron chi connectivity index (χ2n) is 9.97. The van der Waals surface area contributed by atoms with Gasteiger partial charge in [0.25, 0.3) is 0 Å². The van der Waals surface area contributed by atoms with Gasteiger partial charge in [0.1, 0.15) is 12.2 Å².